The van der Waals surface area contributed by atoms with E-state index in [0.29, 0.717) is 38.4 Å². The summed E-state index contributed by atoms with van der Waals surface area (Å²) in [5, 5.41) is 2.84. The summed E-state index contributed by atoms with van der Waals surface area (Å²) in [5.41, 5.74) is -0.528. The molecule has 25 heavy (non-hydrogen) atoms. The van der Waals surface area contributed by atoms with E-state index in [-0.39, 0.29) is 17.6 Å². The molecule has 1 saturated heterocycles. The number of anilines is 1. The Morgan fingerprint density at radius 3 is 2.40 bits per heavy atom. The lowest BCUT2D eigenvalue weighted by molar-refractivity contribution is -0.148. The second-order valence-electron chi connectivity index (χ2n) is 6.97. The number of piperazine rings is 1. The van der Waals surface area contributed by atoms with Crippen molar-refractivity contribution in [3.05, 3.63) is 30.1 Å². The summed E-state index contributed by atoms with van der Waals surface area (Å²) in [6.45, 7) is 8.06. The Hall–Kier alpha value is -2.11. The maximum atomic E-state index is 13.9. The van der Waals surface area contributed by atoms with Crippen LogP contribution in [0.1, 0.15) is 33.6 Å². The van der Waals surface area contributed by atoms with Gasteiger partial charge in [-0.15, -0.1) is 0 Å². The minimum atomic E-state index is -1.09. The topological polar surface area (TPSA) is 52.7 Å². The largest absolute Gasteiger partial charge is 0.366 e. The van der Waals surface area contributed by atoms with Crippen LogP contribution in [0.5, 0.6) is 0 Å². The highest BCUT2D eigenvalue weighted by Crippen LogP contribution is 2.24. The van der Waals surface area contributed by atoms with Crippen LogP contribution in [-0.2, 0) is 9.59 Å². The average molecular weight is 349 g/mol. The number of hydrogen-bond donors (Lipinski definition) is 1. The summed E-state index contributed by atoms with van der Waals surface area (Å²) in [6.07, 6.45) is 1.89. The summed E-state index contributed by atoms with van der Waals surface area (Å²) in [6, 6.07) is 6.66. The molecule has 1 N–H and O–H groups in total. The van der Waals surface area contributed by atoms with Gasteiger partial charge in [0.15, 0.2) is 0 Å². The predicted molar refractivity (Wildman–Crippen MR) is 96.9 cm³/mol. The fourth-order valence-corrected chi connectivity index (χ4v) is 2.95. The number of nitrogens with one attached hydrogen (secondary N) is 1. The standard InChI is InChI=1S/C19H28FN3O2/c1-4-5-10-21-17(24)19(2,3)18(25)23-13-11-22(12-14-23)16-9-7-6-8-15(16)20/h6-9H,4-5,10-14H2,1-3H3,(H,21,24). The van der Waals surface area contributed by atoms with Crippen LogP contribution < -0.4 is 10.2 Å². The first-order chi connectivity index (χ1) is 11.9. The third-order valence-corrected chi connectivity index (χ3v) is 4.68. The molecule has 0 spiro atoms. The molecule has 138 valence electrons. The van der Waals surface area contributed by atoms with Crippen LogP contribution in [-0.4, -0.2) is 49.4 Å². The lowest BCUT2D eigenvalue weighted by Gasteiger charge is -2.39. The number of rotatable bonds is 6. The molecule has 0 radical (unpaired) electrons. The number of halogens is 1. The fourth-order valence-electron chi connectivity index (χ4n) is 2.95. The van der Waals surface area contributed by atoms with Crippen LogP contribution in [0.2, 0.25) is 0 Å². The van der Waals surface area contributed by atoms with Gasteiger partial charge in [-0.1, -0.05) is 25.5 Å². The molecule has 6 heteroatoms. The van der Waals surface area contributed by atoms with E-state index in [0.717, 1.165) is 12.8 Å². The van der Waals surface area contributed by atoms with Crippen molar-refractivity contribution in [3.8, 4) is 0 Å². The van der Waals surface area contributed by atoms with E-state index < -0.39 is 5.41 Å². The number of unbranched alkanes of at least 4 members (excludes halogenated alkanes) is 1. The monoisotopic (exact) mass is 349 g/mol. The van der Waals surface area contributed by atoms with Crippen LogP contribution in [0.25, 0.3) is 0 Å². The van der Waals surface area contributed by atoms with Gasteiger partial charge < -0.3 is 15.1 Å². The molecule has 2 amide bonds. The van der Waals surface area contributed by atoms with E-state index >= 15 is 0 Å². The molecular formula is C19H28FN3O2. The Labute approximate surface area is 149 Å². The Morgan fingerprint density at radius 2 is 1.80 bits per heavy atom. The van der Waals surface area contributed by atoms with Gasteiger partial charge in [-0.25, -0.2) is 4.39 Å². The highest BCUT2D eigenvalue weighted by molar-refractivity contribution is 6.04. The Morgan fingerprint density at radius 1 is 1.16 bits per heavy atom. The lowest BCUT2D eigenvalue weighted by Crippen LogP contribution is -2.55. The summed E-state index contributed by atoms with van der Waals surface area (Å²) < 4.78 is 13.9. The van der Waals surface area contributed by atoms with E-state index in [1.165, 1.54) is 6.07 Å². The van der Waals surface area contributed by atoms with Gasteiger partial charge in [0, 0.05) is 32.7 Å². The van der Waals surface area contributed by atoms with E-state index in [4.69, 9.17) is 0 Å². The van der Waals surface area contributed by atoms with Crippen LogP contribution in [0.15, 0.2) is 24.3 Å². The molecule has 2 rings (SSSR count). The highest BCUT2D eigenvalue weighted by atomic mass is 19.1. The molecule has 1 aromatic carbocycles. The molecule has 0 atom stereocenters. The summed E-state index contributed by atoms with van der Waals surface area (Å²) in [4.78, 5) is 28.8. The highest BCUT2D eigenvalue weighted by Gasteiger charge is 2.39. The van der Waals surface area contributed by atoms with Crippen LogP contribution in [0.4, 0.5) is 10.1 Å². The Bertz CT molecular complexity index is 610. The van der Waals surface area contributed by atoms with Gasteiger partial charge in [-0.3, -0.25) is 9.59 Å². The van der Waals surface area contributed by atoms with Crippen molar-refractivity contribution in [2.24, 2.45) is 5.41 Å². The molecular weight excluding hydrogens is 321 g/mol. The van der Waals surface area contributed by atoms with Gasteiger partial charge in [0.1, 0.15) is 11.2 Å². The van der Waals surface area contributed by atoms with E-state index in [1.54, 1.807) is 36.9 Å². The molecule has 0 saturated carbocycles. The van der Waals surface area contributed by atoms with Gasteiger partial charge >= 0.3 is 0 Å². The first-order valence-electron chi connectivity index (χ1n) is 8.95. The number of amides is 2. The fraction of sp³-hybridized carbons (Fsp3) is 0.579. The Kier molecular flexibility index (Phi) is 6.39. The zero-order chi connectivity index (χ0) is 18.4. The summed E-state index contributed by atoms with van der Waals surface area (Å²) in [7, 11) is 0. The van der Waals surface area contributed by atoms with Crippen molar-refractivity contribution in [2.45, 2.75) is 33.6 Å². The summed E-state index contributed by atoms with van der Waals surface area (Å²) >= 11 is 0. The zero-order valence-corrected chi connectivity index (χ0v) is 15.3. The molecule has 1 heterocycles. The maximum absolute atomic E-state index is 13.9. The smallest absolute Gasteiger partial charge is 0.237 e. The molecule has 5 nitrogen and oxygen atoms in total. The minimum absolute atomic E-state index is 0.172. The number of hydrogen-bond acceptors (Lipinski definition) is 3. The number of para-hydroxylation sites is 1. The third-order valence-electron chi connectivity index (χ3n) is 4.68. The number of carbonyl (C=O) groups excluding carboxylic acids is 2. The second kappa shape index (κ2) is 8.32. The van der Waals surface area contributed by atoms with Crippen LogP contribution in [0.3, 0.4) is 0 Å². The quantitative estimate of drug-likeness (QED) is 0.634. The van der Waals surface area contributed by atoms with Gasteiger partial charge in [0.05, 0.1) is 5.69 Å². The van der Waals surface area contributed by atoms with Crippen LogP contribution >= 0.6 is 0 Å². The van der Waals surface area contributed by atoms with Crippen molar-refractivity contribution in [3.63, 3.8) is 0 Å². The molecule has 0 unspecified atom stereocenters. The normalized spacial score (nSPS) is 15.2. The van der Waals surface area contributed by atoms with Crippen molar-refractivity contribution in [2.75, 3.05) is 37.6 Å². The zero-order valence-electron chi connectivity index (χ0n) is 15.3. The van der Waals surface area contributed by atoms with E-state index in [1.807, 2.05) is 4.90 Å². The van der Waals surface area contributed by atoms with Crippen molar-refractivity contribution in [1.82, 2.24) is 10.2 Å². The lowest BCUT2D eigenvalue weighted by atomic mass is 9.90. The van der Waals surface area contributed by atoms with Gasteiger partial charge in [-0.2, -0.15) is 0 Å². The first kappa shape index (κ1) is 19.2. The molecule has 1 aliphatic rings. The average Bonchev–Trinajstić information content (AvgIpc) is 2.61. The molecule has 1 fully saturated rings. The van der Waals surface area contributed by atoms with Gasteiger partial charge in [0.25, 0.3) is 0 Å². The number of benzene rings is 1. The molecule has 1 aromatic rings. The predicted octanol–water partition coefficient (Wildman–Crippen LogP) is 2.42. The molecule has 0 bridgehead atoms. The molecule has 0 aromatic heterocycles. The van der Waals surface area contributed by atoms with Crippen LogP contribution in [0, 0.1) is 11.2 Å². The number of carbonyl (C=O) groups is 2. The summed E-state index contributed by atoms with van der Waals surface area (Å²) in [5.74, 6) is -0.657. The van der Waals surface area contributed by atoms with Crippen molar-refractivity contribution < 1.29 is 14.0 Å². The Balaban J connectivity index is 1.94. The second-order valence-corrected chi connectivity index (χ2v) is 6.97. The minimum Gasteiger partial charge on any atom is -0.366 e. The first-order valence-corrected chi connectivity index (χ1v) is 8.95. The van der Waals surface area contributed by atoms with Gasteiger partial charge in [-0.05, 0) is 32.4 Å². The third kappa shape index (κ3) is 4.50. The number of nitrogens with zero attached hydrogens (tertiary/aromatic N) is 2. The van der Waals surface area contributed by atoms with E-state index in [2.05, 4.69) is 12.2 Å². The SMILES string of the molecule is CCCCNC(=O)C(C)(C)C(=O)N1CCN(c2ccccc2F)CC1. The van der Waals surface area contributed by atoms with E-state index in [9.17, 15) is 14.0 Å². The molecule has 1 aliphatic heterocycles. The van der Waals surface area contributed by atoms with Crippen molar-refractivity contribution >= 4 is 17.5 Å². The van der Waals surface area contributed by atoms with Crippen molar-refractivity contribution in [1.29, 1.82) is 0 Å². The maximum Gasteiger partial charge on any atom is 0.237 e. The molecule has 0 aliphatic carbocycles. The van der Waals surface area contributed by atoms with Gasteiger partial charge in [0.2, 0.25) is 11.8 Å².